The highest BCUT2D eigenvalue weighted by atomic mass is 16.4. The molecule has 1 N–H and O–H groups in total. The number of piperazine rings is 1. The van der Waals surface area contributed by atoms with Gasteiger partial charge in [-0.25, -0.2) is 4.98 Å². The van der Waals surface area contributed by atoms with Crippen LogP contribution in [0.25, 0.3) is 11.1 Å². The zero-order valence-corrected chi connectivity index (χ0v) is 11.6. The Morgan fingerprint density at radius 2 is 2.00 bits per heavy atom. The predicted molar refractivity (Wildman–Crippen MR) is 77.9 cm³/mol. The van der Waals surface area contributed by atoms with E-state index in [4.69, 9.17) is 4.42 Å². The van der Waals surface area contributed by atoms with Crippen molar-refractivity contribution in [2.24, 2.45) is 0 Å². The first-order valence-electron chi connectivity index (χ1n) is 7.05. The molecule has 0 saturated carbocycles. The van der Waals surface area contributed by atoms with Crippen molar-refractivity contribution in [2.75, 3.05) is 31.1 Å². The van der Waals surface area contributed by atoms with Gasteiger partial charge in [-0.3, -0.25) is 10.00 Å². The van der Waals surface area contributed by atoms with Crippen LogP contribution in [0.5, 0.6) is 0 Å². The number of benzene rings is 1. The second-order valence-corrected chi connectivity index (χ2v) is 5.16. The summed E-state index contributed by atoms with van der Waals surface area (Å²) in [5.74, 6) is 0.908. The summed E-state index contributed by atoms with van der Waals surface area (Å²) in [5.41, 5.74) is 1.76. The molecule has 0 atom stereocenters. The molecule has 1 fully saturated rings. The minimum absolute atomic E-state index is 0.718. The Hall–Kier alpha value is -2.41. The fraction of sp³-hybridized carbons (Fsp3) is 0.357. The third-order valence-electron chi connectivity index (χ3n) is 3.76. The van der Waals surface area contributed by atoms with E-state index in [2.05, 4.69) is 30.0 Å². The molecule has 1 aliphatic rings. The van der Waals surface area contributed by atoms with Gasteiger partial charge < -0.3 is 9.32 Å². The molecule has 0 bridgehead atoms. The lowest BCUT2D eigenvalue weighted by Crippen LogP contribution is -2.46. The molecule has 3 heterocycles. The summed E-state index contributed by atoms with van der Waals surface area (Å²) in [7, 11) is 0. The second-order valence-electron chi connectivity index (χ2n) is 5.16. The van der Waals surface area contributed by atoms with E-state index in [-0.39, 0.29) is 0 Å². The van der Waals surface area contributed by atoms with Gasteiger partial charge in [0.1, 0.15) is 17.7 Å². The molecule has 7 heteroatoms. The van der Waals surface area contributed by atoms with Crippen molar-refractivity contribution < 1.29 is 4.42 Å². The van der Waals surface area contributed by atoms with E-state index < -0.39 is 0 Å². The fourth-order valence-corrected chi connectivity index (χ4v) is 2.61. The Kier molecular flexibility index (Phi) is 3.04. The largest absolute Gasteiger partial charge is 0.423 e. The van der Waals surface area contributed by atoms with Gasteiger partial charge in [0.25, 0.3) is 6.01 Å². The lowest BCUT2D eigenvalue weighted by Gasteiger charge is -2.33. The molecule has 108 valence electrons. The Bertz CT molecular complexity index is 681. The maximum atomic E-state index is 5.82. The van der Waals surface area contributed by atoms with Gasteiger partial charge in [-0.2, -0.15) is 10.1 Å². The number of nitrogens with one attached hydrogen (secondary N) is 1. The minimum atomic E-state index is 0.718. The lowest BCUT2D eigenvalue weighted by molar-refractivity contribution is 0.240. The van der Waals surface area contributed by atoms with Crippen LogP contribution in [0.3, 0.4) is 0 Å². The third-order valence-corrected chi connectivity index (χ3v) is 3.76. The van der Waals surface area contributed by atoms with Gasteiger partial charge in [0.05, 0.1) is 6.54 Å². The smallest absolute Gasteiger partial charge is 0.298 e. The number of aromatic amines is 1. The summed E-state index contributed by atoms with van der Waals surface area (Å²) in [6.45, 7) is 4.53. The van der Waals surface area contributed by atoms with E-state index in [0.717, 1.165) is 55.7 Å². The molecule has 3 aromatic rings. The third kappa shape index (κ3) is 2.47. The number of H-pyrrole nitrogens is 1. The number of anilines is 1. The lowest BCUT2D eigenvalue weighted by atomic mass is 10.3. The first kappa shape index (κ1) is 12.3. The molecule has 1 saturated heterocycles. The van der Waals surface area contributed by atoms with Crippen molar-refractivity contribution >= 4 is 17.1 Å². The molecule has 0 unspecified atom stereocenters. The number of nitrogens with zero attached hydrogens (tertiary/aromatic N) is 5. The Morgan fingerprint density at radius 1 is 1.14 bits per heavy atom. The highest BCUT2D eigenvalue weighted by Crippen LogP contribution is 2.22. The molecule has 1 aliphatic heterocycles. The number of hydrogen-bond acceptors (Lipinski definition) is 6. The molecule has 0 radical (unpaired) electrons. The summed E-state index contributed by atoms with van der Waals surface area (Å²) >= 11 is 0. The number of aromatic nitrogens is 4. The summed E-state index contributed by atoms with van der Waals surface area (Å²) in [6.07, 6.45) is 1.55. The Labute approximate surface area is 121 Å². The highest BCUT2D eigenvalue weighted by molar-refractivity contribution is 5.74. The maximum absolute atomic E-state index is 5.82. The van der Waals surface area contributed by atoms with Crippen LogP contribution in [0.15, 0.2) is 35.0 Å². The number of para-hydroxylation sites is 2. The van der Waals surface area contributed by atoms with Gasteiger partial charge in [-0.1, -0.05) is 12.1 Å². The molecule has 7 nitrogen and oxygen atoms in total. The standard InChI is InChI=1S/C14H16N6O/c1-2-4-12-11(3-1)17-14(21-12)20-7-5-19(6-8-20)9-13-15-10-16-18-13/h1-4,10H,5-9H2,(H,15,16,18). The molecule has 2 aromatic heterocycles. The normalized spacial score (nSPS) is 16.7. The van der Waals surface area contributed by atoms with E-state index in [9.17, 15) is 0 Å². The van der Waals surface area contributed by atoms with Gasteiger partial charge in [0, 0.05) is 26.2 Å². The summed E-state index contributed by atoms with van der Waals surface area (Å²) in [5, 5.41) is 6.77. The van der Waals surface area contributed by atoms with Crippen LogP contribution in [-0.2, 0) is 6.54 Å². The molecule has 0 spiro atoms. The van der Waals surface area contributed by atoms with Gasteiger partial charge in [-0.15, -0.1) is 0 Å². The molecule has 21 heavy (non-hydrogen) atoms. The van der Waals surface area contributed by atoms with Crippen LogP contribution in [0, 0.1) is 0 Å². The van der Waals surface area contributed by atoms with Crippen LogP contribution in [-0.4, -0.2) is 51.2 Å². The van der Waals surface area contributed by atoms with Gasteiger partial charge >= 0.3 is 0 Å². The highest BCUT2D eigenvalue weighted by Gasteiger charge is 2.21. The van der Waals surface area contributed by atoms with E-state index in [1.165, 1.54) is 0 Å². The molecular weight excluding hydrogens is 268 g/mol. The predicted octanol–water partition coefficient (Wildman–Crippen LogP) is 1.27. The summed E-state index contributed by atoms with van der Waals surface area (Å²) in [6, 6.07) is 8.58. The minimum Gasteiger partial charge on any atom is -0.423 e. The molecule has 0 amide bonds. The number of hydrogen-bond donors (Lipinski definition) is 1. The average molecular weight is 284 g/mol. The van der Waals surface area contributed by atoms with E-state index in [1.54, 1.807) is 6.33 Å². The quantitative estimate of drug-likeness (QED) is 0.780. The summed E-state index contributed by atoms with van der Waals surface area (Å²) in [4.78, 5) is 13.3. The number of rotatable bonds is 3. The van der Waals surface area contributed by atoms with Gasteiger partial charge in [0.2, 0.25) is 0 Å². The average Bonchev–Trinajstić information content (AvgIpc) is 3.16. The van der Waals surface area contributed by atoms with Crippen LogP contribution in [0.1, 0.15) is 5.82 Å². The monoisotopic (exact) mass is 284 g/mol. The number of fused-ring (bicyclic) bond motifs is 1. The van der Waals surface area contributed by atoms with Crippen molar-refractivity contribution in [3.8, 4) is 0 Å². The van der Waals surface area contributed by atoms with Crippen LogP contribution < -0.4 is 4.90 Å². The zero-order chi connectivity index (χ0) is 14.1. The summed E-state index contributed by atoms with van der Waals surface area (Å²) < 4.78 is 5.82. The van der Waals surface area contributed by atoms with Crippen molar-refractivity contribution in [3.05, 3.63) is 36.4 Å². The first-order chi connectivity index (χ1) is 10.4. The maximum Gasteiger partial charge on any atom is 0.298 e. The van der Waals surface area contributed by atoms with Crippen molar-refractivity contribution in [1.29, 1.82) is 0 Å². The van der Waals surface area contributed by atoms with Crippen LogP contribution >= 0.6 is 0 Å². The van der Waals surface area contributed by atoms with Crippen LogP contribution in [0.4, 0.5) is 6.01 Å². The first-order valence-corrected chi connectivity index (χ1v) is 7.05. The molecule has 0 aliphatic carbocycles. The van der Waals surface area contributed by atoms with Gasteiger partial charge in [-0.05, 0) is 12.1 Å². The molecule has 1 aromatic carbocycles. The topological polar surface area (TPSA) is 74.1 Å². The van der Waals surface area contributed by atoms with Crippen LogP contribution in [0.2, 0.25) is 0 Å². The zero-order valence-electron chi connectivity index (χ0n) is 11.6. The van der Waals surface area contributed by atoms with E-state index >= 15 is 0 Å². The van der Waals surface area contributed by atoms with E-state index in [0.29, 0.717) is 0 Å². The van der Waals surface area contributed by atoms with Gasteiger partial charge in [0.15, 0.2) is 5.58 Å². The Balaban J connectivity index is 1.42. The molecular formula is C14H16N6O. The van der Waals surface area contributed by atoms with Crippen molar-refractivity contribution in [1.82, 2.24) is 25.1 Å². The Morgan fingerprint density at radius 3 is 2.76 bits per heavy atom. The van der Waals surface area contributed by atoms with Crippen molar-refractivity contribution in [3.63, 3.8) is 0 Å². The number of oxazole rings is 1. The second kappa shape index (κ2) is 5.17. The van der Waals surface area contributed by atoms with Crippen molar-refractivity contribution in [2.45, 2.75) is 6.54 Å². The molecule has 4 rings (SSSR count). The van der Waals surface area contributed by atoms with E-state index in [1.807, 2.05) is 24.3 Å². The SMILES string of the molecule is c1ccc2oc(N3CCN(Cc4ncn[nH]4)CC3)nc2c1. The fourth-order valence-electron chi connectivity index (χ4n) is 2.61.